The second-order valence-electron chi connectivity index (χ2n) is 6.69. The molecule has 1 N–H and O–H groups in total. The molecule has 0 aromatic carbocycles. The second kappa shape index (κ2) is 10.4. The Morgan fingerprint density at radius 3 is 2.93 bits per heavy atom. The molecule has 2 aromatic rings. The van der Waals surface area contributed by atoms with Crippen LogP contribution in [0.25, 0.3) is 11.4 Å². The third-order valence-corrected chi connectivity index (χ3v) is 5.65. The van der Waals surface area contributed by atoms with Crippen LogP contribution >= 0.6 is 11.8 Å². The summed E-state index contributed by atoms with van der Waals surface area (Å²) in [4.78, 5) is 16.3. The quantitative estimate of drug-likeness (QED) is 0.524. The SMILES string of the molecule is COCCCNC(=O)CSc1nnc(-c2cccnc2)n1C1CCCCC1. The minimum Gasteiger partial charge on any atom is -0.385 e. The van der Waals surface area contributed by atoms with Gasteiger partial charge in [-0.15, -0.1) is 10.2 Å². The molecule has 27 heavy (non-hydrogen) atoms. The van der Waals surface area contributed by atoms with Crippen molar-refractivity contribution in [2.75, 3.05) is 26.0 Å². The Kier molecular flexibility index (Phi) is 7.65. The van der Waals surface area contributed by atoms with E-state index in [0.29, 0.717) is 24.9 Å². The molecule has 1 aliphatic carbocycles. The number of aromatic nitrogens is 4. The van der Waals surface area contributed by atoms with Crippen LogP contribution in [0.4, 0.5) is 0 Å². The first-order valence-corrected chi connectivity index (χ1v) is 10.5. The van der Waals surface area contributed by atoms with Crippen LogP contribution in [0.3, 0.4) is 0 Å². The number of pyridine rings is 1. The van der Waals surface area contributed by atoms with Gasteiger partial charge in [0.05, 0.1) is 5.75 Å². The van der Waals surface area contributed by atoms with Crippen LogP contribution in [-0.4, -0.2) is 51.7 Å². The topological polar surface area (TPSA) is 81.9 Å². The van der Waals surface area contributed by atoms with Gasteiger partial charge in [0.25, 0.3) is 0 Å². The Bertz CT molecular complexity index is 716. The molecule has 7 nitrogen and oxygen atoms in total. The first kappa shape index (κ1) is 19.8. The van der Waals surface area contributed by atoms with Crippen molar-refractivity contribution in [2.24, 2.45) is 0 Å². The lowest BCUT2D eigenvalue weighted by Gasteiger charge is -2.25. The van der Waals surface area contributed by atoms with Gasteiger partial charge in [-0.05, 0) is 31.4 Å². The zero-order chi connectivity index (χ0) is 18.9. The van der Waals surface area contributed by atoms with Gasteiger partial charge in [0.2, 0.25) is 5.91 Å². The van der Waals surface area contributed by atoms with Gasteiger partial charge in [-0.3, -0.25) is 14.3 Å². The summed E-state index contributed by atoms with van der Waals surface area (Å²) in [6.45, 7) is 1.28. The highest BCUT2D eigenvalue weighted by molar-refractivity contribution is 7.99. The van der Waals surface area contributed by atoms with E-state index in [1.165, 1.54) is 31.0 Å². The molecule has 8 heteroatoms. The Morgan fingerprint density at radius 1 is 1.33 bits per heavy atom. The van der Waals surface area contributed by atoms with Gasteiger partial charge >= 0.3 is 0 Å². The van der Waals surface area contributed by atoms with Crippen molar-refractivity contribution in [1.29, 1.82) is 0 Å². The van der Waals surface area contributed by atoms with E-state index < -0.39 is 0 Å². The van der Waals surface area contributed by atoms with Crippen molar-refractivity contribution < 1.29 is 9.53 Å². The van der Waals surface area contributed by atoms with Crippen molar-refractivity contribution in [1.82, 2.24) is 25.1 Å². The van der Waals surface area contributed by atoms with Crippen molar-refractivity contribution in [3.63, 3.8) is 0 Å². The molecule has 146 valence electrons. The van der Waals surface area contributed by atoms with E-state index in [1.54, 1.807) is 13.3 Å². The second-order valence-corrected chi connectivity index (χ2v) is 7.64. The Hall–Kier alpha value is -1.93. The molecule has 0 atom stereocenters. The number of hydrogen-bond acceptors (Lipinski definition) is 6. The van der Waals surface area contributed by atoms with Gasteiger partial charge < -0.3 is 10.1 Å². The van der Waals surface area contributed by atoms with E-state index in [0.717, 1.165) is 35.8 Å². The van der Waals surface area contributed by atoms with Crippen LogP contribution in [0, 0.1) is 0 Å². The molecular weight excluding hydrogens is 362 g/mol. The largest absolute Gasteiger partial charge is 0.385 e. The molecule has 0 radical (unpaired) electrons. The van der Waals surface area contributed by atoms with Gasteiger partial charge in [-0.25, -0.2) is 0 Å². The zero-order valence-corrected chi connectivity index (χ0v) is 16.6. The van der Waals surface area contributed by atoms with Crippen LogP contribution in [0.5, 0.6) is 0 Å². The number of thioether (sulfide) groups is 1. The molecule has 2 aromatic heterocycles. The highest BCUT2D eigenvalue weighted by Crippen LogP contribution is 2.35. The number of ether oxygens (including phenoxy) is 1. The molecule has 0 unspecified atom stereocenters. The number of nitrogens with one attached hydrogen (secondary N) is 1. The van der Waals surface area contributed by atoms with E-state index in [-0.39, 0.29) is 5.91 Å². The summed E-state index contributed by atoms with van der Waals surface area (Å²) in [5.41, 5.74) is 0.964. The normalized spacial score (nSPS) is 15.0. The molecule has 1 aliphatic rings. The molecule has 1 saturated carbocycles. The lowest BCUT2D eigenvalue weighted by molar-refractivity contribution is -0.118. The standard InChI is InChI=1S/C19H27N5O2S/c1-26-12-6-11-21-17(25)14-27-19-23-22-18(15-7-5-10-20-13-15)24(19)16-8-3-2-4-9-16/h5,7,10,13,16H,2-4,6,8-9,11-12,14H2,1H3,(H,21,25). The third-order valence-electron chi connectivity index (χ3n) is 4.70. The predicted molar refractivity (Wildman–Crippen MR) is 106 cm³/mol. The van der Waals surface area contributed by atoms with Gasteiger partial charge in [0.15, 0.2) is 11.0 Å². The maximum absolute atomic E-state index is 12.1. The molecule has 0 bridgehead atoms. The van der Waals surface area contributed by atoms with Gasteiger partial charge in [-0.2, -0.15) is 0 Å². The first-order valence-electron chi connectivity index (χ1n) is 9.53. The molecule has 0 aliphatic heterocycles. The summed E-state index contributed by atoms with van der Waals surface area (Å²) in [5, 5.41) is 12.6. The number of carbonyl (C=O) groups excluding carboxylic acids is 1. The minimum absolute atomic E-state index is 0.0113. The van der Waals surface area contributed by atoms with Crippen molar-refractivity contribution in [3.05, 3.63) is 24.5 Å². The summed E-state index contributed by atoms with van der Waals surface area (Å²) in [6, 6.07) is 4.30. The van der Waals surface area contributed by atoms with Crippen molar-refractivity contribution >= 4 is 17.7 Å². The summed E-state index contributed by atoms with van der Waals surface area (Å²) < 4.78 is 7.22. The maximum atomic E-state index is 12.1. The molecule has 1 fully saturated rings. The van der Waals surface area contributed by atoms with Crippen LogP contribution in [0.15, 0.2) is 29.7 Å². The molecule has 0 saturated heterocycles. The summed E-state index contributed by atoms with van der Waals surface area (Å²) in [7, 11) is 1.66. The molecular formula is C19H27N5O2S. The van der Waals surface area contributed by atoms with Crippen LogP contribution in [-0.2, 0) is 9.53 Å². The molecule has 2 heterocycles. The number of carbonyl (C=O) groups is 1. The number of amides is 1. The van der Waals surface area contributed by atoms with Crippen LogP contribution in [0.1, 0.15) is 44.6 Å². The van der Waals surface area contributed by atoms with Crippen LogP contribution < -0.4 is 5.32 Å². The van der Waals surface area contributed by atoms with Gasteiger partial charge in [-0.1, -0.05) is 31.0 Å². The lowest BCUT2D eigenvalue weighted by atomic mass is 9.95. The smallest absolute Gasteiger partial charge is 0.230 e. The Morgan fingerprint density at radius 2 is 2.19 bits per heavy atom. The molecule has 3 rings (SSSR count). The van der Waals surface area contributed by atoms with Crippen LogP contribution in [0.2, 0.25) is 0 Å². The van der Waals surface area contributed by atoms with E-state index >= 15 is 0 Å². The van der Waals surface area contributed by atoms with E-state index in [9.17, 15) is 4.79 Å². The van der Waals surface area contributed by atoms with E-state index in [4.69, 9.17) is 4.74 Å². The third kappa shape index (κ3) is 5.52. The number of rotatable bonds is 9. The Labute approximate surface area is 164 Å². The van der Waals surface area contributed by atoms with Gasteiger partial charge in [0.1, 0.15) is 0 Å². The average Bonchev–Trinajstić information content (AvgIpc) is 3.15. The molecule has 1 amide bonds. The summed E-state index contributed by atoms with van der Waals surface area (Å²) in [6.07, 6.45) is 10.4. The van der Waals surface area contributed by atoms with Crippen molar-refractivity contribution in [2.45, 2.75) is 49.7 Å². The lowest BCUT2D eigenvalue weighted by Crippen LogP contribution is -2.27. The number of nitrogens with zero attached hydrogens (tertiary/aromatic N) is 4. The number of methoxy groups -OCH3 is 1. The maximum Gasteiger partial charge on any atom is 0.230 e. The Balaban J connectivity index is 1.71. The average molecular weight is 390 g/mol. The number of hydrogen-bond donors (Lipinski definition) is 1. The monoisotopic (exact) mass is 389 g/mol. The first-order chi connectivity index (χ1) is 13.3. The van der Waals surface area contributed by atoms with E-state index in [1.807, 2.05) is 18.3 Å². The summed E-state index contributed by atoms with van der Waals surface area (Å²) in [5.74, 6) is 1.19. The van der Waals surface area contributed by atoms with E-state index in [2.05, 4.69) is 25.1 Å². The highest BCUT2D eigenvalue weighted by atomic mass is 32.2. The van der Waals surface area contributed by atoms with Crippen molar-refractivity contribution in [3.8, 4) is 11.4 Å². The highest BCUT2D eigenvalue weighted by Gasteiger charge is 2.24. The fourth-order valence-corrected chi connectivity index (χ4v) is 4.20. The fourth-order valence-electron chi connectivity index (χ4n) is 3.36. The van der Waals surface area contributed by atoms with Gasteiger partial charge in [0, 0.05) is 44.3 Å². The summed E-state index contributed by atoms with van der Waals surface area (Å²) >= 11 is 1.45. The minimum atomic E-state index is 0.0113. The molecule has 0 spiro atoms. The fraction of sp³-hybridized carbons (Fsp3) is 0.579. The predicted octanol–water partition coefficient (Wildman–Crippen LogP) is 3.09. The zero-order valence-electron chi connectivity index (χ0n) is 15.8.